The molecule has 2 heteroatoms. The maximum atomic E-state index is 6.25. The molecule has 1 aliphatic carbocycles. The van der Waals surface area contributed by atoms with E-state index in [1.807, 2.05) is 0 Å². The number of hydrogen-bond acceptors (Lipinski definition) is 1. The molecule has 1 nitrogen and oxygen atoms in total. The lowest BCUT2D eigenvalue weighted by atomic mass is 9.83. The van der Waals surface area contributed by atoms with Gasteiger partial charge in [-0.3, -0.25) is 0 Å². The molecule has 0 saturated heterocycles. The average molecular weight is 280 g/mol. The predicted molar refractivity (Wildman–Crippen MR) is 84.0 cm³/mol. The first-order valence-electron chi connectivity index (χ1n) is 7.44. The van der Waals surface area contributed by atoms with Gasteiger partial charge in [-0.15, -0.1) is 11.6 Å². The molecule has 0 amide bonds. The smallest absolute Gasteiger partial charge is 0.0406 e. The number of rotatable bonds is 4. The van der Waals surface area contributed by atoms with Crippen LogP contribution in [-0.4, -0.2) is 11.4 Å². The van der Waals surface area contributed by atoms with Crippen molar-refractivity contribution in [1.82, 2.24) is 5.32 Å². The topological polar surface area (TPSA) is 12.0 Å². The highest BCUT2D eigenvalue weighted by atomic mass is 35.5. The standard InChI is InChI=1S/C17H26ClN/c1-13-9-14(2)16(15(3)10-13)11-19-17(12-18)7-5-4-6-8-17/h9-10,19H,4-8,11-12H2,1-3H3. The van der Waals surface area contributed by atoms with Crippen molar-refractivity contribution in [2.75, 3.05) is 5.88 Å². The Morgan fingerprint density at radius 1 is 1.05 bits per heavy atom. The van der Waals surface area contributed by atoms with E-state index in [0.717, 1.165) is 12.4 Å². The second-order valence-corrected chi connectivity index (χ2v) is 6.47. The minimum absolute atomic E-state index is 0.170. The summed E-state index contributed by atoms with van der Waals surface area (Å²) in [5.41, 5.74) is 5.75. The van der Waals surface area contributed by atoms with Crippen molar-refractivity contribution < 1.29 is 0 Å². The van der Waals surface area contributed by atoms with Crippen LogP contribution in [0.2, 0.25) is 0 Å². The fraction of sp³-hybridized carbons (Fsp3) is 0.647. The Labute approximate surface area is 122 Å². The normalized spacial score (nSPS) is 18.5. The lowest BCUT2D eigenvalue weighted by Gasteiger charge is -2.37. The zero-order valence-electron chi connectivity index (χ0n) is 12.5. The van der Waals surface area contributed by atoms with E-state index >= 15 is 0 Å². The van der Waals surface area contributed by atoms with Gasteiger partial charge in [-0.1, -0.05) is 37.0 Å². The van der Waals surface area contributed by atoms with Gasteiger partial charge in [-0.2, -0.15) is 0 Å². The zero-order chi connectivity index (χ0) is 13.9. The molecule has 106 valence electrons. The van der Waals surface area contributed by atoms with Crippen molar-refractivity contribution in [2.24, 2.45) is 0 Å². The van der Waals surface area contributed by atoms with Crippen LogP contribution in [0.1, 0.15) is 54.4 Å². The van der Waals surface area contributed by atoms with E-state index in [0.29, 0.717) is 0 Å². The molecular weight excluding hydrogens is 254 g/mol. The molecule has 0 spiro atoms. The summed E-state index contributed by atoms with van der Waals surface area (Å²) in [7, 11) is 0. The second-order valence-electron chi connectivity index (χ2n) is 6.21. The van der Waals surface area contributed by atoms with E-state index in [-0.39, 0.29) is 5.54 Å². The lowest BCUT2D eigenvalue weighted by Crippen LogP contribution is -2.48. The van der Waals surface area contributed by atoms with Gasteiger partial charge in [0.2, 0.25) is 0 Å². The first-order chi connectivity index (χ1) is 9.06. The molecule has 1 aromatic rings. The number of hydrogen-bond donors (Lipinski definition) is 1. The Hall–Kier alpha value is -0.530. The fourth-order valence-corrected chi connectivity index (χ4v) is 3.71. The second kappa shape index (κ2) is 6.28. The predicted octanol–water partition coefficient (Wildman–Crippen LogP) is 4.64. The Kier molecular flexibility index (Phi) is 4.92. The molecule has 0 aromatic heterocycles. The molecule has 0 heterocycles. The van der Waals surface area contributed by atoms with Gasteiger partial charge in [-0.05, 0) is 50.3 Å². The summed E-state index contributed by atoms with van der Waals surface area (Å²) >= 11 is 6.25. The third kappa shape index (κ3) is 3.52. The molecule has 1 N–H and O–H groups in total. The SMILES string of the molecule is Cc1cc(C)c(CNC2(CCl)CCCCC2)c(C)c1. The Morgan fingerprint density at radius 3 is 2.16 bits per heavy atom. The molecular formula is C17H26ClN. The van der Waals surface area contributed by atoms with Gasteiger partial charge in [0.1, 0.15) is 0 Å². The van der Waals surface area contributed by atoms with Gasteiger partial charge in [0.05, 0.1) is 0 Å². The molecule has 19 heavy (non-hydrogen) atoms. The molecule has 1 saturated carbocycles. The van der Waals surface area contributed by atoms with Gasteiger partial charge >= 0.3 is 0 Å². The Bertz CT molecular complexity index is 410. The molecule has 0 atom stereocenters. The lowest BCUT2D eigenvalue weighted by molar-refractivity contribution is 0.256. The summed E-state index contributed by atoms with van der Waals surface area (Å²) < 4.78 is 0. The van der Waals surface area contributed by atoms with Crippen LogP contribution in [0.3, 0.4) is 0 Å². The summed E-state index contributed by atoms with van der Waals surface area (Å²) in [6.07, 6.45) is 6.43. The minimum atomic E-state index is 0.170. The summed E-state index contributed by atoms with van der Waals surface area (Å²) in [6, 6.07) is 4.55. The average Bonchev–Trinajstić information content (AvgIpc) is 2.38. The van der Waals surface area contributed by atoms with Crippen LogP contribution >= 0.6 is 11.6 Å². The maximum absolute atomic E-state index is 6.25. The van der Waals surface area contributed by atoms with Crippen LogP contribution in [-0.2, 0) is 6.54 Å². The van der Waals surface area contributed by atoms with Crippen molar-refractivity contribution in [1.29, 1.82) is 0 Å². The van der Waals surface area contributed by atoms with Gasteiger partial charge in [0.25, 0.3) is 0 Å². The van der Waals surface area contributed by atoms with E-state index in [4.69, 9.17) is 11.6 Å². The molecule has 0 radical (unpaired) electrons. The summed E-state index contributed by atoms with van der Waals surface area (Å²) in [4.78, 5) is 0. The van der Waals surface area contributed by atoms with Crippen LogP contribution < -0.4 is 5.32 Å². The van der Waals surface area contributed by atoms with Crippen molar-refractivity contribution in [2.45, 2.75) is 65.0 Å². The minimum Gasteiger partial charge on any atom is -0.306 e. The third-order valence-electron chi connectivity index (χ3n) is 4.55. The molecule has 1 aliphatic rings. The number of alkyl halides is 1. The monoisotopic (exact) mass is 279 g/mol. The number of nitrogens with one attached hydrogen (secondary N) is 1. The summed E-state index contributed by atoms with van der Waals surface area (Å²) in [6.45, 7) is 7.54. The van der Waals surface area contributed by atoms with Gasteiger partial charge < -0.3 is 5.32 Å². The zero-order valence-corrected chi connectivity index (χ0v) is 13.2. The number of aryl methyl sites for hydroxylation is 3. The first kappa shape index (κ1) is 14.9. The van der Waals surface area contributed by atoms with Crippen molar-refractivity contribution in [3.05, 3.63) is 34.4 Å². The van der Waals surface area contributed by atoms with E-state index in [2.05, 4.69) is 38.2 Å². The molecule has 0 bridgehead atoms. The quantitative estimate of drug-likeness (QED) is 0.792. The van der Waals surface area contributed by atoms with Crippen molar-refractivity contribution in [3.63, 3.8) is 0 Å². The van der Waals surface area contributed by atoms with Crippen LogP contribution in [0, 0.1) is 20.8 Å². The third-order valence-corrected chi connectivity index (χ3v) is 5.06. The maximum Gasteiger partial charge on any atom is 0.0406 e. The van der Waals surface area contributed by atoms with Gasteiger partial charge in [-0.25, -0.2) is 0 Å². The van der Waals surface area contributed by atoms with Crippen LogP contribution in [0.4, 0.5) is 0 Å². The number of benzene rings is 1. The largest absolute Gasteiger partial charge is 0.306 e. The van der Waals surface area contributed by atoms with E-state index in [1.165, 1.54) is 54.4 Å². The molecule has 1 fully saturated rings. The van der Waals surface area contributed by atoms with Crippen LogP contribution in [0.5, 0.6) is 0 Å². The van der Waals surface area contributed by atoms with Crippen molar-refractivity contribution in [3.8, 4) is 0 Å². The van der Waals surface area contributed by atoms with Crippen LogP contribution in [0.15, 0.2) is 12.1 Å². The molecule has 0 aliphatic heterocycles. The van der Waals surface area contributed by atoms with Crippen molar-refractivity contribution >= 4 is 11.6 Å². The fourth-order valence-electron chi connectivity index (χ4n) is 3.35. The molecule has 2 rings (SSSR count). The Morgan fingerprint density at radius 2 is 1.63 bits per heavy atom. The van der Waals surface area contributed by atoms with E-state index in [1.54, 1.807) is 0 Å². The Balaban J connectivity index is 2.09. The first-order valence-corrected chi connectivity index (χ1v) is 7.97. The summed E-state index contributed by atoms with van der Waals surface area (Å²) in [5, 5.41) is 3.77. The molecule has 0 unspecified atom stereocenters. The number of halogens is 1. The summed E-state index contributed by atoms with van der Waals surface area (Å²) in [5.74, 6) is 0.733. The van der Waals surface area contributed by atoms with Gasteiger partial charge in [0, 0.05) is 18.0 Å². The van der Waals surface area contributed by atoms with E-state index in [9.17, 15) is 0 Å². The highest BCUT2D eigenvalue weighted by Gasteiger charge is 2.30. The highest BCUT2D eigenvalue weighted by molar-refractivity contribution is 6.18. The van der Waals surface area contributed by atoms with Crippen LogP contribution in [0.25, 0.3) is 0 Å². The van der Waals surface area contributed by atoms with Gasteiger partial charge in [0.15, 0.2) is 0 Å². The van der Waals surface area contributed by atoms with E-state index < -0.39 is 0 Å². The molecule has 1 aromatic carbocycles. The highest BCUT2D eigenvalue weighted by Crippen LogP contribution is 2.30.